The lowest BCUT2D eigenvalue weighted by molar-refractivity contribution is 0.0746. The van der Waals surface area contributed by atoms with Crippen LogP contribution in [-0.4, -0.2) is 47.0 Å². The fraction of sp³-hybridized carbons (Fsp3) is 0.250. The Balaban J connectivity index is 1.51. The fourth-order valence-corrected chi connectivity index (χ4v) is 3.52. The number of carbonyl (C=O) groups is 1. The Hall–Kier alpha value is -2.66. The maximum atomic E-state index is 12.7. The van der Waals surface area contributed by atoms with Crippen LogP contribution < -0.4 is 4.90 Å². The molecule has 2 aromatic carbocycles. The number of aryl methyl sites for hydroxylation is 1. The van der Waals surface area contributed by atoms with Gasteiger partial charge >= 0.3 is 0 Å². The molecule has 0 unspecified atom stereocenters. The number of anilines is 1. The number of halogens is 1. The van der Waals surface area contributed by atoms with E-state index >= 15 is 0 Å². The number of carbonyl (C=O) groups excluding carboxylic acids is 1. The van der Waals surface area contributed by atoms with Crippen LogP contribution in [0.5, 0.6) is 0 Å². The van der Waals surface area contributed by atoms with Gasteiger partial charge in [0.25, 0.3) is 5.91 Å². The molecule has 5 nitrogen and oxygen atoms in total. The van der Waals surface area contributed by atoms with Gasteiger partial charge in [0.05, 0.1) is 27.3 Å². The highest BCUT2D eigenvalue weighted by atomic mass is 35.5. The molecule has 2 heterocycles. The van der Waals surface area contributed by atoms with Crippen LogP contribution in [0.3, 0.4) is 0 Å². The summed E-state index contributed by atoms with van der Waals surface area (Å²) in [5, 5.41) is 0.496. The van der Waals surface area contributed by atoms with E-state index in [-0.39, 0.29) is 5.91 Å². The van der Waals surface area contributed by atoms with E-state index in [1.165, 1.54) is 0 Å². The van der Waals surface area contributed by atoms with Gasteiger partial charge in [0.15, 0.2) is 5.82 Å². The van der Waals surface area contributed by atoms with E-state index in [0.717, 1.165) is 35.6 Å². The first-order valence-electron chi connectivity index (χ1n) is 8.65. The molecule has 6 heteroatoms. The van der Waals surface area contributed by atoms with Gasteiger partial charge in [-0.1, -0.05) is 35.9 Å². The van der Waals surface area contributed by atoms with Gasteiger partial charge in [-0.05, 0) is 31.2 Å². The van der Waals surface area contributed by atoms with Crippen LogP contribution in [0.4, 0.5) is 5.82 Å². The minimum atomic E-state index is -0.0171. The highest BCUT2D eigenvalue weighted by molar-refractivity contribution is 6.33. The van der Waals surface area contributed by atoms with Crippen molar-refractivity contribution in [2.75, 3.05) is 31.1 Å². The topological polar surface area (TPSA) is 49.3 Å². The molecule has 0 radical (unpaired) electrons. The van der Waals surface area contributed by atoms with Crippen LogP contribution in [0, 0.1) is 6.92 Å². The molecule has 4 rings (SSSR count). The van der Waals surface area contributed by atoms with Gasteiger partial charge in [-0.15, -0.1) is 0 Å². The lowest BCUT2D eigenvalue weighted by Crippen LogP contribution is -2.49. The summed E-state index contributed by atoms with van der Waals surface area (Å²) in [7, 11) is 0. The van der Waals surface area contributed by atoms with E-state index < -0.39 is 0 Å². The summed E-state index contributed by atoms with van der Waals surface area (Å²) in [6.45, 7) is 4.71. The van der Waals surface area contributed by atoms with E-state index in [4.69, 9.17) is 16.6 Å². The average Bonchev–Trinajstić information content (AvgIpc) is 2.67. The van der Waals surface area contributed by atoms with Crippen molar-refractivity contribution in [3.05, 3.63) is 64.8 Å². The van der Waals surface area contributed by atoms with Gasteiger partial charge in [0.2, 0.25) is 0 Å². The molecule has 0 saturated carbocycles. The molecule has 1 aliphatic heterocycles. The molecule has 1 aliphatic rings. The summed E-state index contributed by atoms with van der Waals surface area (Å²) >= 11 is 6.16. The minimum absolute atomic E-state index is 0.0171. The zero-order chi connectivity index (χ0) is 18.1. The molecule has 0 spiro atoms. The Morgan fingerprint density at radius 3 is 2.23 bits per heavy atom. The van der Waals surface area contributed by atoms with E-state index in [1.54, 1.807) is 12.1 Å². The molecule has 26 heavy (non-hydrogen) atoms. The second-order valence-electron chi connectivity index (χ2n) is 6.38. The summed E-state index contributed by atoms with van der Waals surface area (Å²) in [6.07, 6.45) is 0. The van der Waals surface area contributed by atoms with Crippen molar-refractivity contribution < 1.29 is 4.79 Å². The smallest absolute Gasteiger partial charge is 0.255 e. The number of hydrogen-bond donors (Lipinski definition) is 0. The summed E-state index contributed by atoms with van der Waals surface area (Å²) in [6, 6.07) is 15.1. The zero-order valence-corrected chi connectivity index (χ0v) is 15.3. The number of amides is 1. The van der Waals surface area contributed by atoms with Crippen LogP contribution in [0.25, 0.3) is 11.0 Å². The molecule has 132 valence electrons. The quantitative estimate of drug-likeness (QED) is 0.696. The van der Waals surface area contributed by atoms with Gasteiger partial charge in [-0.3, -0.25) is 4.79 Å². The van der Waals surface area contributed by atoms with Gasteiger partial charge in [-0.2, -0.15) is 0 Å². The number of rotatable bonds is 2. The number of hydrogen-bond acceptors (Lipinski definition) is 4. The number of benzene rings is 2. The average molecular weight is 367 g/mol. The first-order valence-corrected chi connectivity index (χ1v) is 9.03. The molecule has 0 N–H and O–H groups in total. The predicted octanol–water partition coefficient (Wildman–Crippen LogP) is 3.55. The highest BCUT2D eigenvalue weighted by Crippen LogP contribution is 2.23. The van der Waals surface area contributed by atoms with E-state index in [9.17, 15) is 4.79 Å². The summed E-state index contributed by atoms with van der Waals surface area (Å²) in [5.41, 5.74) is 3.27. The van der Waals surface area contributed by atoms with E-state index in [0.29, 0.717) is 23.7 Å². The molecule has 0 atom stereocenters. The van der Waals surface area contributed by atoms with Crippen molar-refractivity contribution >= 4 is 34.4 Å². The molecule has 1 aromatic heterocycles. The highest BCUT2D eigenvalue weighted by Gasteiger charge is 2.25. The van der Waals surface area contributed by atoms with Crippen LogP contribution in [0.2, 0.25) is 5.02 Å². The third-order valence-corrected chi connectivity index (χ3v) is 5.02. The molecule has 0 aliphatic carbocycles. The standard InChI is InChI=1S/C20H19ClN4O/c1-14-19(23-18-9-5-4-8-17(18)22-14)24-10-12-25(13-11-24)20(26)15-6-2-3-7-16(15)21/h2-9H,10-13H2,1H3. The second kappa shape index (κ2) is 6.92. The summed E-state index contributed by atoms with van der Waals surface area (Å²) < 4.78 is 0. The van der Waals surface area contributed by atoms with E-state index in [1.807, 2.05) is 48.2 Å². The third kappa shape index (κ3) is 3.10. The summed E-state index contributed by atoms with van der Waals surface area (Å²) in [4.78, 5) is 26.2. The van der Waals surface area contributed by atoms with Crippen LogP contribution >= 0.6 is 11.6 Å². The van der Waals surface area contributed by atoms with Crippen LogP contribution in [0.1, 0.15) is 16.1 Å². The van der Waals surface area contributed by atoms with Crippen molar-refractivity contribution in [3.8, 4) is 0 Å². The molecular weight excluding hydrogens is 348 g/mol. The minimum Gasteiger partial charge on any atom is -0.352 e. The molecule has 1 fully saturated rings. The first kappa shape index (κ1) is 16.8. The maximum Gasteiger partial charge on any atom is 0.255 e. The van der Waals surface area contributed by atoms with Gasteiger partial charge in [-0.25, -0.2) is 9.97 Å². The Morgan fingerprint density at radius 2 is 1.54 bits per heavy atom. The van der Waals surface area contributed by atoms with E-state index in [2.05, 4.69) is 9.88 Å². The Morgan fingerprint density at radius 1 is 0.923 bits per heavy atom. The van der Waals surface area contributed by atoms with Gasteiger partial charge < -0.3 is 9.80 Å². The molecule has 3 aromatic rings. The number of para-hydroxylation sites is 2. The largest absolute Gasteiger partial charge is 0.352 e. The zero-order valence-electron chi connectivity index (χ0n) is 14.5. The second-order valence-corrected chi connectivity index (χ2v) is 6.79. The van der Waals surface area contributed by atoms with Crippen LogP contribution in [0.15, 0.2) is 48.5 Å². The van der Waals surface area contributed by atoms with Gasteiger partial charge in [0.1, 0.15) is 0 Å². The number of piperazine rings is 1. The number of fused-ring (bicyclic) bond motifs is 1. The van der Waals surface area contributed by atoms with Crippen molar-refractivity contribution in [1.82, 2.24) is 14.9 Å². The summed E-state index contributed by atoms with van der Waals surface area (Å²) in [5.74, 6) is 0.880. The lowest BCUT2D eigenvalue weighted by Gasteiger charge is -2.36. The van der Waals surface area contributed by atoms with Crippen molar-refractivity contribution in [2.45, 2.75) is 6.92 Å². The molecule has 1 amide bonds. The molecule has 1 saturated heterocycles. The van der Waals surface area contributed by atoms with Crippen molar-refractivity contribution in [2.24, 2.45) is 0 Å². The first-order chi connectivity index (χ1) is 12.6. The number of aromatic nitrogens is 2. The molecular formula is C20H19ClN4O. The maximum absolute atomic E-state index is 12.7. The number of nitrogens with zero attached hydrogens (tertiary/aromatic N) is 4. The van der Waals surface area contributed by atoms with Crippen molar-refractivity contribution in [3.63, 3.8) is 0 Å². The monoisotopic (exact) mass is 366 g/mol. The lowest BCUT2D eigenvalue weighted by atomic mass is 10.1. The SMILES string of the molecule is Cc1nc2ccccc2nc1N1CCN(C(=O)c2ccccc2Cl)CC1. The fourth-order valence-electron chi connectivity index (χ4n) is 3.30. The normalized spacial score (nSPS) is 14.7. The van der Waals surface area contributed by atoms with Crippen molar-refractivity contribution in [1.29, 1.82) is 0 Å². The Bertz CT molecular complexity index is 967. The Kier molecular flexibility index (Phi) is 4.47. The van der Waals surface area contributed by atoms with Crippen LogP contribution in [-0.2, 0) is 0 Å². The third-order valence-electron chi connectivity index (χ3n) is 4.69. The Labute approximate surface area is 157 Å². The predicted molar refractivity (Wildman–Crippen MR) is 104 cm³/mol. The molecule has 0 bridgehead atoms. The van der Waals surface area contributed by atoms with Gasteiger partial charge in [0, 0.05) is 26.2 Å².